The second kappa shape index (κ2) is 10.1. The largest absolute Gasteiger partial charge is 0.394 e. The van der Waals surface area contributed by atoms with E-state index in [9.17, 15) is 22.7 Å². The van der Waals surface area contributed by atoms with Crippen LogP contribution in [0.25, 0.3) is 0 Å². The van der Waals surface area contributed by atoms with E-state index in [1.165, 1.54) is 12.1 Å². The van der Waals surface area contributed by atoms with Crippen molar-refractivity contribution in [1.29, 1.82) is 0 Å². The molecule has 0 aliphatic heterocycles. The van der Waals surface area contributed by atoms with Crippen LogP contribution in [-0.2, 0) is 14.8 Å². The van der Waals surface area contributed by atoms with Gasteiger partial charge in [-0.15, -0.1) is 0 Å². The van der Waals surface area contributed by atoms with Crippen LogP contribution in [0.4, 0.5) is 4.39 Å². The van der Waals surface area contributed by atoms with Gasteiger partial charge in [-0.2, -0.15) is 0 Å². The van der Waals surface area contributed by atoms with Gasteiger partial charge in [-0.25, -0.2) is 17.5 Å². The summed E-state index contributed by atoms with van der Waals surface area (Å²) in [5.41, 5.74) is 0.859. The summed E-state index contributed by atoms with van der Waals surface area (Å²) >= 11 is 0. The van der Waals surface area contributed by atoms with Crippen LogP contribution in [0, 0.1) is 17.7 Å². The van der Waals surface area contributed by atoms with Gasteiger partial charge in [0.15, 0.2) is 0 Å². The first-order valence-electron chi connectivity index (χ1n) is 10.1. The summed E-state index contributed by atoms with van der Waals surface area (Å²) in [6, 6.07) is 13.6. The molecule has 0 unspecified atom stereocenters. The van der Waals surface area contributed by atoms with Gasteiger partial charge in [0, 0.05) is 12.5 Å². The highest BCUT2D eigenvalue weighted by molar-refractivity contribution is 7.89. The zero-order valence-corrected chi connectivity index (χ0v) is 17.4. The molecule has 1 atom stereocenters. The molecule has 1 aliphatic rings. The molecule has 0 saturated heterocycles. The molecule has 2 aromatic rings. The lowest BCUT2D eigenvalue weighted by molar-refractivity contribution is -0.127. The molecule has 6 nitrogen and oxygen atoms in total. The number of benzene rings is 2. The van der Waals surface area contributed by atoms with Gasteiger partial charge >= 0.3 is 0 Å². The van der Waals surface area contributed by atoms with Gasteiger partial charge in [0.05, 0.1) is 17.5 Å². The number of hydrogen-bond acceptors (Lipinski definition) is 4. The lowest BCUT2D eigenvalue weighted by Gasteiger charge is -2.29. The monoisotopic (exact) mass is 434 g/mol. The molecule has 3 rings (SSSR count). The molecule has 1 aliphatic carbocycles. The highest BCUT2D eigenvalue weighted by Crippen LogP contribution is 2.29. The lowest BCUT2D eigenvalue weighted by Crippen LogP contribution is -2.38. The van der Waals surface area contributed by atoms with E-state index in [2.05, 4.69) is 10.0 Å². The average Bonchev–Trinajstić information content (AvgIpc) is 2.77. The van der Waals surface area contributed by atoms with E-state index in [1.807, 2.05) is 30.3 Å². The summed E-state index contributed by atoms with van der Waals surface area (Å²) in [6.07, 6.45) is 2.81. The lowest BCUT2D eigenvalue weighted by atomic mass is 9.81. The fraction of sp³-hybridized carbons (Fsp3) is 0.409. The fourth-order valence-electron chi connectivity index (χ4n) is 3.76. The first-order chi connectivity index (χ1) is 14.4. The van der Waals surface area contributed by atoms with Crippen molar-refractivity contribution >= 4 is 15.9 Å². The van der Waals surface area contributed by atoms with Crippen LogP contribution >= 0.6 is 0 Å². The van der Waals surface area contributed by atoms with E-state index in [0.29, 0.717) is 12.8 Å². The standard InChI is InChI=1S/C22H27FN2O4S/c23-19-10-12-20(13-11-19)30(28,29)24-14-16-6-8-18(9-7-16)22(27)25-21(15-26)17-4-2-1-3-5-17/h1-5,10-13,16,18,21,24,26H,6-9,14-15H2,(H,25,27)/t16?,18?,21-/m1/s1. The third kappa shape index (κ3) is 5.87. The Bertz CT molecular complexity index is 927. The number of aliphatic hydroxyl groups excluding tert-OH is 1. The zero-order valence-electron chi connectivity index (χ0n) is 16.6. The molecule has 1 saturated carbocycles. The van der Waals surface area contributed by atoms with Crippen LogP contribution in [0.1, 0.15) is 37.3 Å². The molecule has 30 heavy (non-hydrogen) atoms. The number of halogens is 1. The molecular formula is C22H27FN2O4S. The summed E-state index contributed by atoms with van der Waals surface area (Å²) in [5.74, 6) is -0.566. The first-order valence-corrected chi connectivity index (χ1v) is 11.6. The van der Waals surface area contributed by atoms with Gasteiger partial charge < -0.3 is 10.4 Å². The van der Waals surface area contributed by atoms with Gasteiger partial charge in [0.1, 0.15) is 5.82 Å². The predicted octanol–water partition coefficient (Wildman–Crippen LogP) is 2.76. The first kappa shape index (κ1) is 22.4. The third-order valence-electron chi connectivity index (χ3n) is 5.60. The summed E-state index contributed by atoms with van der Waals surface area (Å²) < 4.78 is 40.2. The van der Waals surface area contributed by atoms with Crippen LogP contribution in [0.2, 0.25) is 0 Å². The number of nitrogens with one attached hydrogen (secondary N) is 2. The number of hydrogen-bond donors (Lipinski definition) is 3. The van der Waals surface area contributed by atoms with Crippen molar-refractivity contribution in [3.05, 3.63) is 66.0 Å². The van der Waals surface area contributed by atoms with Crippen molar-refractivity contribution in [2.24, 2.45) is 11.8 Å². The highest BCUT2D eigenvalue weighted by Gasteiger charge is 2.28. The molecule has 3 N–H and O–H groups in total. The number of carbonyl (C=O) groups is 1. The maximum atomic E-state index is 13.0. The van der Waals surface area contributed by atoms with Gasteiger partial charge in [-0.05, 0) is 61.4 Å². The van der Waals surface area contributed by atoms with Gasteiger partial charge in [-0.1, -0.05) is 30.3 Å². The molecule has 0 heterocycles. The Hall–Kier alpha value is -2.29. The summed E-state index contributed by atoms with van der Waals surface area (Å²) in [4.78, 5) is 12.6. The maximum Gasteiger partial charge on any atom is 0.240 e. The average molecular weight is 435 g/mol. The zero-order chi connectivity index (χ0) is 21.6. The summed E-state index contributed by atoms with van der Waals surface area (Å²) in [5, 5.41) is 12.5. The molecule has 8 heteroatoms. The van der Waals surface area contributed by atoms with Crippen LogP contribution in [0.15, 0.2) is 59.5 Å². The molecular weight excluding hydrogens is 407 g/mol. The van der Waals surface area contributed by atoms with E-state index in [0.717, 1.165) is 30.5 Å². The SMILES string of the molecule is O=C(N[C@H](CO)c1ccccc1)C1CCC(CNS(=O)(=O)c2ccc(F)cc2)CC1. The number of aliphatic hydroxyl groups is 1. The Morgan fingerprint density at radius 3 is 2.27 bits per heavy atom. The highest BCUT2D eigenvalue weighted by atomic mass is 32.2. The molecule has 162 valence electrons. The van der Waals surface area contributed by atoms with E-state index < -0.39 is 21.9 Å². The molecule has 0 radical (unpaired) electrons. The minimum Gasteiger partial charge on any atom is -0.394 e. The van der Waals surface area contributed by atoms with E-state index in [4.69, 9.17) is 0 Å². The Labute approximate surface area is 176 Å². The van der Waals surface area contributed by atoms with Crippen molar-refractivity contribution in [2.45, 2.75) is 36.6 Å². The van der Waals surface area contributed by atoms with Gasteiger partial charge in [-0.3, -0.25) is 4.79 Å². The normalized spacial score (nSPS) is 20.5. The molecule has 1 fully saturated rings. The number of rotatable bonds is 8. The molecule has 0 spiro atoms. The van der Waals surface area contributed by atoms with Gasteiger partial charge in [0.25, 0.3) is 0 Å². The van der Waals surface area contributed by atoms with E-state index in [-0.39, 0.29) is 35.8 Å². The van der Waals surface area contributed by atoms with Crippen LogP contribution in [0.5, 0.6) is 0 Å². The Morgan fingerprint density at radius 1 is 1.03 bits per heavy atom. The van der Waals surface area contributed by atoms with Crippen molar-refractivity contribution in [2.75, 3.05) is 13.2 Å². The van der Waals surface area contributed by atoms with Crippen LogP contribution < -0.4 is 10.0 Å². The summed E-state index contributed by atoms with van der Waals surface area (Å²) in [6.45, 7) is 0.119. The minimum atomic E-state index is -3.68. The number of amides is 1. The van der Waals surface area contributed by atoms with Crippen molar-refractivity contribution in [3.63, 3.8) is 0 Å². The number of carbonyl (C=O) groups excluding carboxylic acids is 1. The topological polar surface area (TPSA) is 95.5 Å². The van der Waals surface area contributed by atoms with E-state index in [1.54, 1.807) is 0 Å². The molecule has 1 amide bonds. The van der Waals surface area contributed by atoms with Crippen LogP contribution in [-0.4, -0.2) is 32.6 Å². The molecule has 0 aromatic heterocycles. The van der Waals surface area contributed by atoms with Crippen molar-refractivity contribution in [3.8, 4) is 0 Å². The Kier molecular flexibility index (Phi) is 7.58. The smallest absolute Gasteiger partial charge is 0.240 e. The minimum absolute atomic E-state index is 0.0351. The van der Waals surface area contributed by atoms with Gasteiger partial charge in [0.2, 0.25) is 15.9 Å². The molecule has 2 aromatic carbocycles. The molecule has 0 bridgehead atoms. The van der Waals surface area contributed by atoms with Crippen LogP contribution in [0.3, 0.4) is 0 Å². The second-order valence-electron chi connectivity index (χ2n) is 7.68. The summed E-state index contributed by atoms with van der Waals surface area (Å²) in [7, 11) is -3.68. The Morgan fingerprint density at radius 2 is 1.67 bits per heavy atom. The second-order valence-corrected chi connectivity index (χ2v) is 9.44. The number of sulfonamides is 1. The third-order valence-corrected chi connectivity index (χ3v) is 7.04. The fourth-order valence-corrected chi connectivity index (χ4v) is 4.88. The van der Waals surface area contributed by atoms with Crippen molar-refractivity contribution in [1.82, 2.24) is 10.0 Å². The predicted molar refractivity (Wildman–Crippen MR) is 111 cm³/mol. The maximum absolute atomic E-state index is 13.0. The van der Waals surface area contributed by atoms with E-state index >= 15 is 0 Å². The Balaban J connectivity index is 1.47. The quantitative estimate of drug-likeness (QED) is 0.595. The van der Waals surface area contributed by atoms with Crippen molar-refractivity contribution < 1.29 is 22.7 Å².